The Kier molecular flexibility index (Phi) is 4.46. The summed E-state index contributed by atoms with van der Waals surface area (Å²) in [6.45, 7) is 1.59. The molecule has 0 unspecified atom stereocenters. The molecule has 0 aliphatic heterocycles. The molecule has 6 nitrogen and oxygen atoms in total. The fourth-order valence-electron chi connectivity index (χ4n) is 1.80. The third kappa shape index (κ3) is 3.89. The van der Waals surface area contributed by atoms with Crippen molar-refractivity contribution in [1.82, 2.24) is 9.55 Å². The van der Waals surface area contributed by atoms with Crippen molar-refractivity contribution in [3.63, 3.8) is 0 Å². The fraction of sp³-hybridized carbons (Fsp3) is 0.231. The molecular formula is C13H11F3N2O4S. The van der Waals surface area contributed by atoms with E-state index in [0.717, 1.165) is 6.07 Å². The summed E-state index contributed by atoms with van der Waals surface area (Å²) < 4.78 is 64.0. The van der Waals surface area contributed by atoms with Gasteiger partial charge in [0.1, 0.15) is 5.75 Å². The van der Waals surface area contributed by atoms with Crippen LogP contribution in [-0.2, 0) is 16.7 Å². The van der Waals surface area contributed by atoms with Crippen LogP contribution in [0, 0.1) is 6.92 Å². The Balaban J connectivity index is 2.33. The number of halogens is 3. The summed E-state index contributed by atoms with van der Waals surface area (Å²) in [5.41, 5.74) is -5.31. The molecule has 0 radical (unpaired) electrons. The summed E-state index contributed by atoms with van der Waals surface area (Å²) in [5.74, 6) is -0.688. The largest absolute Gasteiger partial charge is 0.534 e. The number of pyridine rings is 2. The molecule has 2 aromatic heterocycles. The van der Waals surface area contributed by atoms with Gasteiger partial charge >= 0.3 is 15.6 Å². The van der Waals surface area contributed by atoms with Crippen molar-refractivity contribution >= 4 is 10.1 Å². The summed E-state index contributed by atoms with van der Waals surface area (Å²) in [4.78, 5) is 15.9. The Morgan fingerprint density at radius 3 is 2.52 bits per heavy atom. The maximum Gasteiger partial charge on any atom is 0.534 e. The maximum absolute atomic E-state index is 12.3. The van der Waals surface area contributed by atoms with Crippen molar-refractivity contribution in [2.24, 2.45) is 0 Å². The van der Waals surface area contributed by atoms with Gasteiger partial charge in [0.25, 0.3) is 5.56 Å². The number of hydrogen-bond donors (Lipinski definition) is 0. The van der Waals surface area contributed by atoms with Crippen molar-refractivity contribution < 1.29 is 25.8 Å². The number of rotatable bonds is 4. The second-order valence-corrected chi connectivity index (χ2v) is 6.14. The molecule has 0 aliphatic carbocycles. The van der Waals surface area contributed by atoms with Gasteiger partial charge in [-0.25, -0.2) is 0 Å². The molecule has 0 amide bonds. The van der Waals surface area contributed by atoms with E-state index in [9.17, 15) is 26.4 Å². The predicted octanol–water partition coefficient (Wildman–Crippen LogP) is 1.83. The molecule has 0 spiro atoms. The first-order valence-corrected chi connectivity index (χ1v) is 7.62. The molecule has 0 fully saturated rings. The van der Waals surface area contributed by atoms with E-state index in [0.29, 0.717) is 11.6 Å². The van der Waals surface area contributed by atoms with E-state index in [1.54, 1.807) is 18.3 Å². The van der Waals surface area contributed by atoms with E-state index in [1.807, 2.05) is 0 Å². The highest BCUT2D eigenvalue weighted by Gasteiger charge is 2.48. The molecule has 0 N–H and O–H groups in total. The molecule has 23 heavy (non-hydrogen) atoms. The lowest BCUT2D eigenvalue weighted by atomic mass is 10.2. The predicted molar refractivity (Wildman–Crippen MR) is 74.4 cm³/mol. The van der Waals surface area contributed by atoms with E-state index in [2.05, 4.69) is 9.17 Å². The standard InChI is InChI=1S/C13H11F3N2O4S/c1-9-5-11(22-23(20,21)13(14,15)16)6-12(19)18(9)8-10-3-2-4-17-7-10/h2-7H,8H2,1H3. The number of hydrogen-bond acceptors (Lipinski definition) is 5. The van der Waals surface area contributed by atoms with Crippen molar-refractivity contribution in [1.29, 1.82) is 0 Å². The summed E-state index contributed by atoms with van der Waals surface area (Å²) >= 11 is 0. The van der Waals surface area contributed by atoms with E-state index >= 15 is 0 Å². The zero-order valence-electron chi connectivity index (χ0n) is 11.7. The topological polar surface area (TPSA) is 78.3 Å². The van der Waals surface area contributed by atoms with Crippen LogP contribution >= 0.6 is 0 Å². The van der Waals surface area contributed by atoms with Gasteiger partial charge in [-0.3, -0.25) is 9.78 Å². The summed E-state index contributed by atoms with van der Waals surface area (Å²) in [5, 5.41) is 0. The van der Waals surface area contributed by atoms with Gasteiger partial charge in [0, 0.05) is 30.2 Å². The number of alkyl halides is 3. The minimum Gasteiger partial charge on any atom is -0.376 e. The second-order valence-electron chi connectivity index (χ2n) is 4.60. The van der Waals surface area contributed by atoms with E-state index in [1.165, 1.54) is 17.7 Å². The normalized spacial score (nSPS) is 12.2. The first-order chi connectivity index (χ1) is 10.6. The van der Waals surface area contributed by atoms with E-state index in [-0.39, 0.29) is 12.2 Å². The van der Waals surface area contributed by atoms with Crippen LogP contribution in [0.5, 0.6) is 5.75 Å². The molecule has 0 bridgehead atoms. The second kappa shape index (κ2) is 6.03. The van der Waals surface area contributed by atoms with Crippen LogP contribution in [0.15, 0.2) is 41.5 Å². The van der Waals surface area contributed by atoms with Gasteiger partial charge in [-0.15, -0.1) is 0 Å². The molecule has 0 saturated carbocycles. The molecule has 124 valence electrons. The van der Waals surface area contributed by atoms with Gasteiger partial charge in [-0.05, 0) is 18.6 Å². The molecule has 0 aromatic carbocycles. The molecule has 0 saturated heterocycles. The Bertz CT molecular complexity index is 861. The molecule has 10 heteroatoms. The average molecular weight is 348 g/mol. The third-order valence-corrected chi connectivity index (χ3v) is 3.84. The van der Waals surface area contributed by atoms with Crippen LogP contribution in [0.25, 0.3) is 0 Å². The highest BCUT2D eigenvalue weighted by atomic mass is 32.2. The van der Waals surface area contributed by atoms with E-state index in [4.69, 9.17) is 0 Å². The maximum atomic E-state index is 12.3. The van der Waals surface area contributed by atoms with Crippen LogP contribution < -0.4 is 9.74 Å². The number of nitrogens with zero attached hydrogens (tertiary/aromatic N) is 2. The smallest absolute Gasteiger partial charge is 0.376 e. The lowest BCUT2D eigenvalue weighted by Crippen LogP contribution is -2.29. The van der Waals surface area contributed by atoms with Gasteiger partial charge in [0.2, 0.25) is 0 Å². The van der Waals surface area contributed by atoms with Crippen molar-refractivity contribution in [3.05, 3.63) is 58.3 Å². The monoisotopic (exact) mass is 348 g/mol. The molecule has 0 atom stereocenters. The van der Waals surface area contributed by atoms with Crippen LogP contribution in [0.1, 0.15) is 11.3 Å². The van der Waals surface area contributed by atoms with Gasteiger partial charge in [-0.1, -0.05) is 6.07 Å². The molecular weight excluding hydrogens is 337 g/mol. The Morgan fingerprint density at radius 2 is 2.00 bits per heavy atom. The van der Waals surface area contributed by atoms with Crippen LogP contribution in [0.4, 0.5) is 13.2 Å². The lowest BCUT2D eigenvalue weighted by Gasteiger charge is -2.13. The average Bonchev–Trinajstić information content (AvgIpc) is 2.42. The summed E-state index contributed by atoms with van der Waals surface area (Å²) in [6, 6.07) is 5.12. The quantitative estimate of drug-likeness (QED) is 0.622. The summed E-state index contributed by atoms with van der Waals surface area (Å²) in [7, 11) is -5.81. The number of aromatic nitrogens is 2. The van der Waals surface area contributed by atoms with Gasteiger partial charge < -0.3 is 8.75 Å². The van der Waals surface area contributed by atoms with Gasteiger partial charge in [-0.2, -0.15) is 21.6 Å². The SMILES string of the molecule is Cc1cc(OS(=O)(=O)C(F)(F)F)cc(=O)n1Cc1cccnc1. The minimum absolute atomic E-state index is 0.144. The Morgan fingerprint density at radius 1 is 1.30 bits per heavy atom. The first-order valence-electron chi connectivity index (χ1n) is 6.21. The van der Waals surface area contributed by atoms with Crippen molar-refractivity contribution in [2.75, 3.05) is 0 Å². The Hall–Kier alpha value is -2.36. The molecule has 2 rings (SSSR count). The molecule has 2 heterocycles. The van der Waals surface area contributed by atoms with Gasteiger partial charge in [0.15, 0.2) is 0 Å². The first kappa shape index (κ1) is 17.0. The fourth-order valence-corrected chi connectivity index (χ4v) is 2.24. The Labute approximate surface area is 129 Å². The highest BCUT2D eigenvalue weighted by Crippen LogP contribution is 2.26. The van der Waals surface area contributed by atoms with Crippen molar-refractivity contribution in [2.45, 2.75) is 19.0 Å². The molecule has 2 aromatic rings. The zero-order valence-corrected chi connectivity index (χ0v) is 12.6. The van der Waals surface area contributed by atoms with Crippen LogP contribution in [-0.4, -0.2) is 23.5 Å². The van der Waals surface area contributed by atoms with E-state index < -0.39 is 26.9 Å². The van der Waals surface area contributed by atoms with Gasteiger partial charge in [0.05, 0.1) is 6.54 Å². The minimum atomic E-state index is -5.81. The summed E-state index contributed by atoms with van der Waals surface area (Å²) in [6.07, 6.45) is 3.09. The van der Waals surface area contributed by atoms with Crippen LogP contribution in [0.2, 0.25) is 0 Å². The number of aryl methyl sites for hydroxylation is 1. The van der Waals surface area contributed by atoms with Crippen LogP contribution in [0.3, 0.4) is 0 Å². The zero-order chi connectivity index (χ0) is 17.3. The van der Waals surface area contributed by atoms with Crippen molar-refractivity contribution in [3.8, 4) is 5.75 Å². The lowest BCUT2D eigenvalue weighted by molar-refractivity contribution is -0.0500. The molecule has 0 aliphatic rings. The third-order valence-electron chi connectivity index (χ3n) is 2.86. The highest BCUT2D eigenvalue weighted by molar-refractivity contribution is 7.88.